The second-order valence-electron chi connectivity index (χ2n) is 8.27. The highest BCUT2D eigenvalue weighted by Crippen LogP contribution is 2.28. The van der Waals surface area contributed by atoms with Gasteiger partial charge in [-0.3, -0.25) is 4.79 Å². The van der Waals surface area contributed by atoms with E-state index in [0.717, 1.165) is 34.2 Å². The van der Waals surface area contributed by atoms with E-state index in [1.54, 1.807) is 17.8 Å². The van der Waals surface area contributed by atoms with Crippen molar-refractivity contribution in [3.63, 3.8) is 0 Å². The van der Waals surface area contributed by atoms with Crippen molar-refractivity contribution in [3.8, 4) is 11.1 Å². The fraction of sp³-hybridized carbons (Fsp3) is 0.286. The van der Waals surface area contributed by atoms with Crippen LogP contribution in [0, 0.1) is 6.92 Å². The van der Waals surface area contributed by atoms with Gasteiger partial charge in [0.2, 0.25) is 0 Å². The van der Waals surface area contributed by atoms with E-state index in [1.807, 2.05) is 73.8 Å². The van der Waals surface area contributed by atoms with Crippen LogP contribution in [-0.4, -0.2) is 41.6 Å². The molecule has 0 fully saturated rings. The van der Waals surface area contributed by atoms with Crippen LogP contribution in [0.1, 0.15) is 33.5 Å². The lowest BCUT2D eigenvalue weighted by Gasteiger charge is -2.17. The fourth-order valence-corrected chi connectivity index (χ4v) is 4.33. The zero-order chi connectivity index (χ0) is 25.2. The van der Waals surface area contributed by atoms with E-state index in [-0.39, 0.29) is 0 Å². The van der Waals surface area contributed by atoms with Crippen LogP contribution in [0.2, 0.25) is 5.02 Å². The van der Waals surface area contributed by atoms with Crippen LogP contribution >= 0.6 is 23.4 Å². The largest absolute Gasteiger partial charge is 0.480 e. The van der Waals surface area contributed by atoms with Crippen LogP contribution in [0.3, 0.4) is 0 Å². The Morgan fingerprint density at radius 1 is 1.03 bits per heavy atom. The van der Waals surface area contributed by atoms with Gasteiger partial charge in [-0.2, -0.15) is 11.8 Å². The van der Waals surface area contributed by atoms with E-state index in [9.17, 15) is 14.7 Å². The number of halogens is 1. The number of aliphatic carboxylic acids is 1. The SMILES string of the molecule is CSCC[C@H](NC(=O)c1ccc(COCCc2ccc(Cl)cc2)cc1-c1ccccc1C)C(=O)O. The van der Waals surface area contributed by atoms with Crippen molar-refractivity contribution < 1.29 is 19.4 Å². The van der Waals surface area contributed by atoms with Crippen molar-refractivity contribution in [1.29, 1.82) is 0 Å². The molecule has 7 heteroatoms. The minimum atomic E-state index is -1.03. The molecule has 0 spiro atoms. The maximum Gasteiger partial charge on any atom is 0.326 e. The summed E-state index contributed by atoms with van der Waals surface area (Å²) in [6.07, 6.45) is 3.05. The van der Waals surface area contributed by atoms with Crippen molar-refractivity contribution in [2.24, 2.45) is 0 Å². The highest BCUT2D eigenvalue weighted by atomic mass is 35.5. The first-order valence-electron chi connectivity index (χ1n) is 11.4. The Morgan fingerprint density at radius 3 is 2.43 bits per heavy atom. The number of carboxylic acid groups (broad SMARTS) is 1. The molecule has 1 atom stereocenters. The summed E-state index contributed by atoms with van der Waals surface area (Å²) in [5, 5.41) is 12.9. The average molecular weight is 512 g/mol. The van der Waals surface area contributed by atoms with Gasteiger partial charge in [-0.15, -0.1) is 0 Å². The zero-order valence-corrected chi connectivity index (χ0v) is 21.5. The first kappa shape index (κ1) is 26.8. The first-order valence-corrected chi connectivity index (χ1v) is 13.2. The second-order valence-corrected chi connectivity index (χ2v) is 9.69. The number of carbonyl (C=O) groups is 2. The smallest absolute Gasteiger partial charge is 0.326 e. The number of carboxylic acids is 1. The predicted octanol–water partition coefficient (Wildman–Crippen LogP) is 6.01. The number of ether oxygens (including phenoxy) is 1. The quantitative estimate of drug-likeness (QED) is 0.291. The second kappa shape index (κ2) is 13.3. The number of carbonyl (C=O) groups excluding carboxylic acids is 1. The number of aryl methyl sites for hydroxylation is 1. The molecule has 35 heavy (non-hydrogen) atoms. The van der Waals surface area contributed by atoms with E-state index in [1.165, 1.54) is 0 Å². The number of hydrogen-bond donors (Lipinski definition) is 2. The first-order chi connectivity index (χ1) is 16.9. The Kier molecular flexibility index (Phi) is 10.2. The van der Waals surface area contributed by atoms with E-state index in [2.05, 4.69) is 5.32 Å². The Balaban J connectivity index is 1.78. The summed E-state index contributed by atoms with van der Waals surface area (Å²) < 4.78 is 5.90. The molecular formula is C28H30ClNO4S. The summed E-state index contributed by atoms with van der Waals surface area (Å²) in [5.74, 6) is -0.781. The Bertz CT molecular complexity index is 1150. The zero-order valence-electron chi connectivity index (χ0n) is 19.9. The molecule has 3 aromatic rings. The van der Waals surface area contributed by atoms with Crippen LogP contribution in [0.4, 0.5) is 0 Å². The number of nitrogens with one attached hydrogen (secondary N) is 1. The summed E-state index contributed by atoms with van der Waals surface area (Å²) in [6, 6.07) is 20.2. The van der Waals surface area contributed by atoms with Gasteiger partial charge in [-0.1, -0.05) is 54.1 Å². The predicted molar refractivity (Wildman–Crippen MR) is 143 cm³/mol. The van der Waals surface area contributed by atoms with E-state index in [4.69, 9.17) is 16.3 Å². The van der Waals surface area contributed by atoms with Crippen LogP contribution < -0.4 is 5.32 Å². The highest BCUT2D eigenvalue weighted by molar-refractivity contribution is 7.98. The summed E-state index contributed by atoms with van der Waals surface area (Å²) >= 11 is 7.49. The van der Waals surface area contributed by atoms with Crippen molar-refractivity contribution in [2.75, 3.05) is 18.6 Å². The van der Waals surface area contributed by atoms with E-state index < -0.39 is 17.9 Å². The topological polar surface area (TPSA) is 75.6 Å². The van der Waals surface area contributed by atoms with Gasteiger partial charge in [-0.25, -0.2) is 4.79 Å². The van der Waals surface area contributed by atoms with Gasteiger partial charge in [-0.05, 0) is 83.9 Å². The van der Waals surface area contributed by atoms with Gasteiger partial charge in [0.05, 0.1) is 13.2 Å². The minimum absolute atomic E-state index is 0.363. The molecular weight excluding hydrogens is 482 g/mol. The molecule has 0 saturated heterocycles. The summed E-state index contributed by atoms with van der Waals surface area (Å²) in [7, 11) is 0. The lowest BCUT2D eigenvalue weighted by molar-refractivity contribution is -0.139. The molecule has 0 heterocycles. The molecule has 0 radical (unpaired) electrons. The van der Waals surface area contributed by atoms with Crippen molar-refractivity contribution in [1.82, 2.24) is 5.32 Å². The third-order valence-corrected chi connectivity index (χ3v) is 6.59. The molecule has 3 aromatic carbocycles. The monoisotopic (exact) mass is 511 g/mol. The van der Waals surface area contributed by atoms with Crippen molar-refractivity contribution >= 4 is 35.2 Å². The van der Waals surface area contributed by atoms with Gasteiger partial charge < -0.3 is 15.2 Å². The third kappa shape index (κ3) is 7.85. The van der Waals surface area contributed by atoms with Crippen LogP contribution in [0.5, 0.6) is 0 Å². The lowest BCUT2D eigenvalue weighted by Crippen LogP contribution is -2.41. The fourth-order valence-electron chi connectivity index (χ4n) is 3.74. The number of amides is 1. The third-order valence-electron chi connectivity index (χ3n) is 5.69. The maximum atomic E-state index is 13.2. The molecule has 0 aliphatic heterocycles. The number of benzene rings is 3. The summed E-state index contributed by atoms with van der Waals surface area (Å²) in [4.78, 5) is 24.8. The highest BCUT2D eigenvalue weighted by Gasteiger charge is 2.22. The molecule has 0 aliphatic carbocycles. The van der Waals surface area contributed by atoms with Crippen molar-refractivity contribution in [3.05, 3.63) is 94.0 Å². The van der Waals surface area contributed by atoms with Gasteiger partial charge in [0.25, 0.3) is 5.91 Å². The van der Waals surface area contributed by atoms with E-state index >= 15 is 0 Å². The van der Waals surface area contributed by atoms with Crippen LogP contribution in [-0.2, 0) is 22.6 Å². The normalized spacial score (nSPS) is 11.7. The Labute approximate surface area is 215 Å². The van der Waals surface area contributed by atoms with E-state index in [0.29, 0.717) is 36.0 Å². The van der Waals surface area contributed by atoms with Gasteiger partial charge in [0.1, 0.15) is 6.04 Å². The maximum absolute atomic E-state index is 13.2. The molecule has 1 amide bonds. The van der Waals surface area contributed by atoms with Crippen LogP contribution in [0.15, 0.2) is 66.7 Å². The number of hydrogen-bond acceptors (Lipinski definition) is 4. The number of thioether (sulfide) groups is 1. The Morgan fingerprint density at radius 2 is 1.74 bits per heavy atom. The summed E-state index contributed by atoms with van der Waals surface area (Å²) in [5.41, 5.74) is 5.24. The van der Waals surface area contributed by atoms with Crippen molar-refractivity contribution in [2.45, 2.75) is 32.4 Å². The van der Waals surface area contributed by atoms with Gasteiger partial charge in [0, 0.05) is 10.6 Å². The minimum Gasteiger partial charge on any atom is -0.480 e. The standard InChI is InChI=1S/C28H30ClNO4S/c1-19-5-3-4-6-23(19)25-17-21(18-34-15-13-20-7-10-22(29)11-8-20)9-12-24(25)27(31)30-26(28(32)33)14-16-35-2/h3-12,17,26H,13-16,18H2,1-2H3,(H,30,31)(H,32,33)/t26-/m0/s1. The lowest BCUT2D eigenvalue weighted by atomic mass is 9.93. The average Bonchev–Trinajstić information content (AvgIpc) is 2.85. The molecule has 0 aromatic heterocycles. The van der Waals surface area contributed by atoms with Gasteiger partial charge in [0.15, 0.2) is 0 Å². The number of rotatable bonds is 12. The molecule has 5 nitrogen and oxygen atoms in total. The molecule has 0 bridgehead atoms. The molecule has 0 saturated carbocycles. The Hall–Kier alpha value is -2.80. The molecule has 0 aliphatic rings. The summed E-state index contributed by atoms with van der Waals surface area (Å²) in [6.45, 7) is 2.95. The molecule has 3 rings (SSSR count). The van der Waals surface area contributed by atoms with Gasteiger partial charge >= 0.3 is 5.97 Å². The van der Waals surface area contributed by atoms with Crippen LogP contribution in [0.25, 0.3) is 11.1 Å². The molecule has 0 unspecified atom stereocenters. The molecule has 184 valence electrons. The molecule has 2 N–H and O–H groups in total.